The molecule has 0 fully saturated rings. The van der Waals surface area contributed by atoms with Gasteiger partial charge in [0.05, 0.1) is 4.92 Å². The van der Waals surface area contributed by atoms with Crippen LogP contribution in [0.2, 0.25) is 5.02 Å². The lowest BCUT2D eigenvalue weighted by molar-refractivity contribution is -0.385. The van der Waals surface area contributed by atoms with Gasteiger partial charge in [0.1, 0.15) is 11.6 Å². The van der Waals surface area contributed by atoms with Crippen molar-refractivity contribution < 1.29 is 9.66 Å². The van der Waals surface area contributed by atoms with Crippen LogP contribution in [0.3, 0.4) is 0 Å². The zero-order chi connectivity index (χ0) is 15.4. The van der Waals surface area contributed by atoms with Crippen LogP contribution in [-0.4, -0.2) is 21.9 Å². The predicted octanol–water partition coefficient (Wildman–Crippen LogP) is 3.43. The third kappa shape index (κ3) is 3.57. The maximum atomic E-state index is 11.0. The molecule has 1 heterocycles. The van der Waals surface area contributed by atoms with E-state index >= 15 is 0 Å². The third-order valence-electron chi connectivity index (χ3n) is 2.65. The fraction of sp³-hybridized carbons (Fsp3) is 0.231. The molecule has 0 atom stereocenters. The van der Waals surface area contributed by atoms with Crippen LogP contribution < -0.4 is 10.1 Å². The van der Waals surface area contributed by atoms with Crippen LogP contribution in [0.4, 0.5) is 11.5 Å². The van der Waals surface area contributed by atoms with Crippen molar-refractivity contribution in [2.24, 2.45) is 0 Å². The van der Waals surface area contributed by atoms with E-state index in [9.17, 15) is 10.1 Å². The molecule has 2 aromatic rings. The van der Waals surface area contributed by atoms with Crippen molar-refractivity contribution >= 4 is 23.1 Å². The molecule has 0 spiro atoms. The normalized spacial score (nSPS) is 10.2. The summed E-state index contributed by atoms with van der Waals surface area (Å²) in [6.07, 6.45) is 0.615. The van der Waals surface area contributed by atoms with Crippen molar-refractivity contribution in [2.45, 2.75) is 13.3 Å². The number of rotatable bonds is 5. The topological polar surface area (TPSA) is 90.2 Å². The number of hydrogen-bond acceptors (Lipinski definition) is 6. The summed E-state index contributed by atoms with van der Waals surface area (Å²) in [5.41, 5.74) is -0.179. The predicted molar refractivity (Wildman–Crippen MR) is 79.1 cm³/mol. The number of ether oxygens (including phenoxy) is 1. The molecular weight excluding hydrogens is 296 g/mol. The average Bonchev–Trinajstić information content (AvgIpc) is 2.46. The van der Waals surface area contributed by atoms with Crippen molar-refractivity contribution in [3.05, 3.63) is 45.2 Å². The summed E-state index contributed by atoms with van der Waals surface area (Å²) < 4.78 is 5.52. The first-order valence-electron chi connectivity index (χ1n) is 6.21. The van der Waals surface area contributed by atoms with Gasteiger partial charge in [-0.05, 0) is 6.07 Å². The van der Waals surface area contributed by atoms with Crippen LogP contribution >= 0.6 is 11.6 Å². The van der Waals surface area contributed by atoms with Gasteiger partial charge in [0.15, 0.2) is 0 Å². The number of halogens is 1. The second kappa shape index (κ2) is 6.36. The Bertz CT molecular complexity index is 656. The Morgan fingerprint density at radius 3 is 2.76 bits per heavy atom. The number of aromatic nitrogens is 2. The number of nitrogens with zero attached hydrogens (tertiary/aromatic N) is 3. The fourth-order valence-electron chi connectivity index (χ4n) is 1.64. The molecule has 0 aliphatic carbocycles. The van der Waals surface area contributed by atoms with Gasteiger partial charge in [-0.25, -0.2) is 4.98 Å². The van der Waals surface area contributed by atoms with Crippen LogP contribution in [0.5, 0.6) is 11.6 Å². The summed E-state index contributed by atoms with van der Waals surface area (Å²) >= 11 is 5.86. The van der Waals surface area contributed by atoms with Gasteiger partial charge in [-0.3, -0.25) is 10.1 Å². The molecule has 110 valence electrons. The van der Waals surface area contributed by atoms with E-state index in [2.05, 4.69) is 15.3 Å². The van der Waals surface area contributed by atoms with E-state index in [4.69, 9.17) is 16.3 Å². The van der Waals surface area contributed by atoms with Crippen molar-refractivity contribution in [1.29, 1.82) is 0 Å². The maximum absolute atomic E-state index is 11.0. The van der Waals surface area contributed by atoms with Gasteiger partial charge in [-0.2, -0.15) is 4.98 Å². The molecule has 1 N–H and O–H groups in total. The highest BCUT2D eigenvalue weighted by Crippen LogP contribution is 2.33. The van der Waals surface area contributed by atoms with Gasteiger partial charge < -0.3 is 10.1 Å². The monoisotopic (exact) mass is 308 g/mol. The van der Waals surface area contributed by atoms with Crippen molar-refractivity contribution in [3.8, 4) is 11.6 Å². The maximum Gasteiger partial charge on any atom is 0.311 e. The summed E-state index contributed by atoms with van der Waals surface area (Å²) in [4.78, 5) is 18.9. The van der Waals surface area contributed by atoms with Gasteiger partial charge in [-0.1, -0.05) is 18.5 Å². The Hall–Kier alpha value is -2.41. The standard InChI is InChI=1S/C13H13ClN4O3/c1-3-11-16-12(15-2)7-13(17-11)21-10-6-8(14)4-5-9(10)18(19)20/h4-7H,3H2,1-2H3,(H,15,16,17). The van der Waals surface area contributed by atoms with Crippen molar-refractivity contribution in [1.82, 2.24) is 9.97 Å². The van der Waals surface area contributed by atoms with Crippen LogP contribution in [-0.2, 0) is 6.42 Å². The lowest BCUT2D eigenvalue weighted by atomic mass is 10.3. The Balaban J connectivity index is 2.42. The lowest BCUT2D eigenvalue weighted by Gasteiger charge is -2.09. The molecular formula is C13H13ClN4O3. The van der Waals surface area contributed by atoms with Crippen LogP contribution in [0.1, 0.15) is 12.7 Å². The van der Waals surface area contributed by atoms with Crippen LogP contribution in [0.15, 0.2) is 24.3 Å². The number of nitrogens with one attached hydrogen (secondary N) is 1. The molecule has 0 radical (unpaired) electrons. The Morgan fingerprint density at radius 2 is 2.14 bits per heavy atom. The number of anilines is 1. The zero-order valence-corrected chi connectivity index (χ0v) is 12.2. The minimum atomic E-state index is -0.535. The SMILES string of the molecule is CCc1nc(NC)cc(Oc2cc(Cl)ccc2[N+](=O)[O-])n1. The van der Waals surface area contributed by atoms with E-state index in [1.165, 1.54) is 18.2 Å². The Morgan fingerprint density at radius 1 is 1.38 bits per heavy atom. The minimum Gasteiger partial charge on any atom is -0.432 e. The molecule has 0 aliphatic rings. The first-order valence-corrected chi connectivity index (χ1v) is 6.58. The van der Waals surface area contributed by atoms with Gasteiger partial charge in [0.25, 0.3) is 0 Å². The first kappa shape index (κ1) is 15.0. The molecule has 0 amide bonds. The van der Waals surface area contributed by atoms with E-state index in [-0.39, 0.29) is 17.3 Å². The first-order chi connectivity index (χ1) is 10.0. The molecule has 8 heteroatoms. The summed E-state index contributed by atoms with van der Waals surface area (Å²) in [5, 5.41) is 14.2. The van der Waals surface area contributed by atoms with E-state index in [0.29, 0.717) is 23.1 Å². The molecule has 0 saturated carbocycles. The summed E-state index contributed by atoms with van der Waals surface area (Å²) in [7, 11) is 1.72. The molecule has 2 rings (SSSR count). The van der Waals surface area contributed by atoms with E-state index in [1.807, 2.05) is 6.92 Å². The van der Waals surface area contributed by atoms with E-state index in [0.717, 1.165) is 0 Å². The third-order valence-corrected chi connectivity index (χ3v) is 2.89. The number of benzene rings is 1. The lowest BCUT2D eigenvalue weighted by Crippen LogP contribution is -2.02. The van der Waals surface area contributed by atoms with Crippen LogP contribution in [0.25, 0.3) is 0 Å². The van der Waals surface area contributed by atoms with Gasteiger partial charge in [0, 0.05) is 36.7 Å². The summed E-state index contributed by atoms with van der Waals surface area (Å²) in [5.74, 6) is 1.40. The van der Waals surface area contributed by atoms with E-state index in [1.54, 1.807) is 13.1 Å². The van der Waals surface area contributed by atoms with Crippen molar-refractivity contribution in [2.75, 3.05) is 12.4 Å². The van der Waals surface area contributed by atoms with Crippen molar-refractivity contribution in [3.63, 3.8) is 0 Å². The highest BCUT2D eigenvalue weighted by molar-refractivity contribution is 6.30. The van der Waals surface area contributed by atoms with Gasteiger partial charge >= 0.3 is 5.69 Å². The van der Waals surface area contributed by atoms with Gasteiger partial charge in [0.2, 0.25) is 11.6 Å². The fourth-order valence-corrected chi connectivity index (χ4v) is 1.81. The zero-order valence-electron chi connectivity index (χ0n) is 11.5. The second-order valence-electron chi connectivity index (χ2n) is 4.08. The largest absolute Gasteiger partial charge is 0.432 e. The minimum absolute atomic E-state index is 0.0373. The number of hydrogen-bond donors (Lipinski definition) is 1. The quantitative estimate of drug-likeness (QED) is 0.672. The molecule has 21 heavy (non-hydrogen) atoms. The summed E-state index contributed by atoms with van der Waals surface area (Å²) in [6, 6.07) is 5.66. The molecule has 0 unspecified atom stereocenters. The Labute approximate surface area is 126 Å². The number of nitro groups is 1. The number of nitro benzene ring substituents is 1. The number of aryl methyl sites for hydroxylation is 1. The molecule has 1 aromatic carbocycles. The smallest absolute Gasteiger partial charge is 0.311 e. The van der Waals surface area contributed by atoms with Gasteiger partial charge in [-0.15, -0.1) is 0 Å². The second-order valence-corrected chi connectivity index (χ2v) is 4.52. The molecule has 0 bridgehead atoms. The highest BCUT2D eigenvalue weighted by Gasteiger charge is 2.17. The molecule has 1 aromatic heterocycles. The summed E-state index contributed by atoms with van der Waals surface area (Å²) in [6.45, 7) is 1.90. The highest BCUT2D eigenvalue weighted by atomic mass is 35.5. The molecule has 7 nitrogen and oxygen atoms in total. The average molecular weight is 309 g/mol. The van der Waals surface area contributed by atoms with Crippen LogP contribution in [0, 0.1) is 10.1 Å². The Kier molecular flexibility index (Phi) is 4.54. The molecule has 0 saturated heterocycles. The van der Waals surface area contributed by atoms with E-state index < -0.39 is 4.92 Å². The molecule has 0 aliphatic heterocycles.